The molecule has 0 spiro atoms. The predicted octanol–water partition coefficient (Wildman–Crippen LogP) is 3.56. The molecule has 4 rings (SSSR count). The van der Waals surface area contributed by atoms with Gasteiger partial charge in [0.1, 0.15) is 12.4 Å². The van der Waals surface area contributed by atoms with Crippen LogP contribution in [0.1, 0.15) is 45.2 Å². The zero-order chi connectivity index (χ0) is 24.6. The molecule has 34 heavy (non-hydrogen) atoms. The summed E-state index contributed by atoms with van der Waals surface area (Å²) < 4.78 is 43.6. The van der Waals surface area contributed by atoms with Crippen LogP contribution in [0.2, 0.25) is 0 Å². The number of halogens is 3. The zero-order valence-electron chi connectivity index (χ0n) is 17.9. The van der Waals surface area contributed by atoms with Crippen LogP contribution in [0.3, 0.4) is 0 Å². The van der Waals surface area contributed by atoms with E-state index in [1.165, 1.54) is 43.5 Å². The Labute approximate surface area is 192 Å². The quantitative estimate of drug-likeness (QED) is 0.649. The normalized spacial score (nSPS) is 18.1. The number of aliphatic hydroxyl groups excluding tert-OH is 1. The van der Waals surface area contributed by atoms with Crippen molar-refractivity contribution in [2.24, 2.45) is 4.99 Å². The molecule has 2 aliphatic heterocycles. The van der Waals surface area contributed by atoms with Crippen LogP contribution in [0.4, 0.5) is 13.2 Å². The Morgan fingerprint density at radius 1 is 1.03 bits per heavy atom. The fourth-order valence-electron chi connectivity index (χ4n) is 3.62. The highest BCUT2D eigenvalue weighted by atomic mass is 19.4. The third-order valence-corrected chi connectivity index (χ3v) is 5.62. The van der Waals surface area contributed by atoms with Gasteiger partial charge in [0.25, 0.3) is 11.8 Å². The fourth-order valence-corrected chi connectivity index (χ4v) is 3.62. The average molecular weight is 472 g/mol. The smallest absolute Gasteiger partial charge is 0.416 e. The number of fused-ring (bicyclic) bond motifs is 1. The third-order valence-electron chi connectivity index (χ3n) is 5.62. The minimum Gasteiger partial charge on any atom is -0.489 e. The maximum Gasteiger partial charge on any atom is 0.416 e. The van der Waals surface area contributed by atoms with E-state index in [9.17, 15) is 32.7 Å². The number of carbonyl (C=O) groups is 3. The molecule has 1 unspecified atom stereocenters. The van der Waals surface area contributed by atoms with Crippen LogP contribution in [0.15, 0.2) is 59.2 Å². The molecule has 0 fully saturated rings. The molecule has 176 valence electrons. The highest BCUT2D eigenvalue weighted by Crippen LogP contribution is 2.30. The van der Waals surface area contributed by atoms with Crippen molar-refractivity contribution in [3.05, 3.63) is 76.5 Å². The van der Waals surface area contributed by atoms with Gasteiger partial charge in [-0.05, 0) is 49.2 Å². The number of hydrogen-bond acceptors (Lipinski definition) is 6. The van der Waals surface area contributed by atoms with E-state index in [0.717, 1.165) is 17.0 Å². The summed E-state index contributed by atoms with van der Waals surface area (Å²) in [5, 5.41) is 9.83. The molecule has 2 aliphatic rings. The molecule has 2 amide bonds. The Balaban J connectivity index is 1.41. The Hall–Kier alpha value is -3.79. The van der Waals surface area contributed by atoms with Crippen molar-refractivity contribution in [1.29, 1.82) is 0 Å². The number of benzene rings is 2. The van der Waals surface area contributed by atoms with Gasteiger partial charge in [-0.3, -0.25) is 24.3 Å². The number of ketones is 1. The molecule has 10 heteroatoms. The van der Waals surface area contributed by atoms with Crippen molar-refractivity contribution in [2.45, 2.75) is 32.2 Å². The predicted molar refractivity (Wildman–Crippen MR) is 114 cm³/mol. The average Bonchev–Trinajstić information content (AvgIpc) is 3.04. The van der Waals surface area contributed by atoms with Crippen molar-refractivity contribution in [2.75, 3.05) is 6.54 Å². The number of aliphatic hydroxyl groups is 1. The zero-order valence-corrected chi connectivity index (χ0v) is 17.9. The summed E-state index contributed by atoms with van der Waals surface area (Å²) in [6, 6.07) is 8.87. The van der Waals surface area contributed by atoms with Gasteiger partial charge in [-0.2, -0.15) is 13.2 Å². The van der Waals surface area contributed by atoms with Gasteiger partial charge in [0.2, 0.25) is 0 Å². The van der Waals surface area contributed by atoms with E-state index in [0.29, 0.717) is 5.56 Å². The Morgan fingerprint density at radius 3 is 2.38 bits per heavy atom. The van der Waals surface area contributed by atoms with E-state index in [2.05, 4.69) is 4.99 Å². The van der Waals surface area contributed by atoms with E-state index >= 15 is 0 Å². The van der Waals surface area contributed by atoms with Crippen LogP contribution in [-0.4, -0.2) is 46.0 Å². The first-order chi connectivity index (χ1) is 16.1. The van der Waals surface area contributed by atoms with Gasteiger partial charge in [-0.25, -0.2) is 0 Å². The number of hydrogen-bond donors (Lipinski definition) is 1. The molecule has 2 heterocycles. The second-order valence-electron chi connectivity index (χ2n) is 7.89. The molecule has 7 nitrogen and oxygen atoms in total. The SMILES string of the molecule is CC1=NC=C(CCN2C(=O)c3ccc(OCc4ccc(C(F)(F)F)cc4)cc3C2=O)C(=O)C1O. The van der Waals surface area contributed by atoms with Gasteiger partial charge in [0.15, 0.2) is 11.9 Å². The minimum atomic E-state index is -4.43. The first kappa shape index (κ1) is 23.4. The van der Waals surface area contributed by atoms with E-state index in [1.54, 1.807) is 0 Å². The summed E-state index contributed by atoms with van der Waals surface area (Å²) in [7, 11) is 0. The number of nitrogens with zero attached hydrogens (tertiary/aromatic N) is 2. The van der Waals surface area contributed by atoms with Crippen LogP contribution in [0.25, 0.3) is 0 Å². The number of carbonyl (C=O) groups excluding carboxylic acids is 3. The first-order valence-corrected chi connectivity index (χ1v) is 10.3. The number of imide groups is 1. The molecule has 0 saturated carbocycles. The number of alkyl halides is 3. The standard InChI is InChI=1S/C24H19F3N2O5/c1-13-20(30)21(31)15(11-28-13)8-9-29-22(32)18-7-6-17(10-19(18)23(29)33)34-12-14-2-4-16(5-3-14)24(25,26)27/h2-7,10-11,20,30H,8-9,12H2,1H3. The summed E-state index contributed by atoms with van der Waals surface area (Å²) in [6.07, 6.45) is -4.37. The minimum absolute atomic E-state index is 0.0265. The fraction of sp³-hybridized carbons (Fsp3) is 0.250. The van der Waals surface area contributed by atoms with Gasteiger partial charge < -0.3 is 9.84 Å². The van der Waals surface area contributed by atoms with Gasteiger partial charge in [-0.1, -0.05) is 12.1 Å². The molecule has 1 atom stereocenters. The second kappa shape index (κ2) is 8.86. The van der Waals surface area contributed by atoms with Crippen LogP contribution in [0.5, 0.6) is 5.75 Å². The molecule has 0 bridgehead atoms. The number of rotatable bonds is 6. The molecule has 2 aromatic carbocycles. The molecule has 0 saturated heterocycles. The molecular formula is C24H19F3N2O5. The summed E-state index contributed by atoms with van der Waals surface area (Å²) in [5.41, 5.74) is 0.550. The summed E-state index contributed by atoms with van der Waals surface area (Å²) in [4.78, 5) is 42.6. The van der Waals surface area contributed by atoms with Crippen LogP contribution >= 0.6 is 0 Å². The van der Waals surface area contributed by atoms with Crippen LogP contribution < -0.4 is 4.74 Å². The Bertz CT molecular complexity index is 1230. The maximum atomic E-state index is 12.8. The van der Waals surface area contributed by atoms with Crippen molar-refractivity contribution in [3.8, 4) is 5.75 Å². The number of Topliss-reactive ketones (excluding diaryl/α,β-unsaturated/α-hetero) is 1. The van der Waals surface area contributed by atoms with E-state index in [4.69, 9.17) is 4.74 Å². The van der Waals surface area contributed by atoms with Crippen molar-refractivity contribution < 1.29 is 37.4 Å². The highest BCUT2D eigenvalue weighted by molar-refractivity contribution is 6.21. The Kier molecular flexibility index (Phi) is 6.09. The van der Waals surface area contributed by atoms with Gasteiger partial charge >= 0.3 is 6.18 Å². The van der Waals surface area contributed by atoms with E-state index in [1.807, 2.05) is 0 Å². The van der Waals surface area contributed by atoms with Gasteiger partial charge in [-0.15, -0.1) is 0 Å². The largest absolute Gasteiger partial charge is 0.489 e. The lowest BCUT2D eigenvalue weighted by molar-refractivity contribution is -0.137. The van der Waals surface area contributed by atoms with Crippen LogP contribution in [-0.2, 0) is 17.6 Å². The van der Waals surface area contributed by atoms with Crippen molar-refractivity contribution >= 4 is 23.3 Å². The van der Waals surface area contributed by atoms with Gasteiger partial charge in [0, 0.05) is 18.3 Å². The Morgan fingerprint density at radius 2 is 1.71 bits per heavy atom. The summed E-state index contributed by atoms with van der Waals surface area (Å²) in [5.74, 6) is -1.30. The molecule has 0 aromatic heterocycles. The first-order valence-electron chi connectivity index (χ1n) is 10.3. The summed E-state index contributed by atoms with van der Waals surface area (Å²) in [6.45, 7) is 1.44. The monoisotopic (exact) mass is 472 g/mol. The molecule has 0 radical (unpaired) electrons. The van der Waals surface area contributed by atoms with Crippen LogP contribution in [0, 0.1) is 0 Å². The molecular weight excluding hydrogens is 453 g/mol. The second-order valence-corrected chi connectivity index (χ2v) is 7.89. The molecule has 1 N–H and O–H groups in total. The maximum absolute atomic E-state index is 12.8. The number of ether oxygens (including phenoxy) is 1. The highest BCUT2D eigenvalue weighted by Gasteiger charge is 2.36. The topological polar surface area (TPSA) is 96.3 Å². The van der Waals surface area contributed by atoms with Gasteiger partial charge in [0.05, 0.1) is 22.4 Å². The summed E-state index contributed by atoms with van der Waals surface area (Å²) >= 11 is 0. The molecule has 2 aromatic rings. The number of aliphatic imine (C=N–C) groups is 1. The lowest BCUT2D eigenvalue weighted by atomic mass is 9.99. The van der Waals surface area contributed by atoms with E-state index < -0.39 is 35.4 Å². The lowest BCUT2D eigenvalue weighted by Crippen LogP contribution is -2.35. The van der Waals surface area contributed by atoms with Crippen molar-refractivity contribution in [1.82, 2.24) is 4.90 Å². The lowest BCUT2D eigenvalue weighted by Gasteiger charge is -2.18. The molecule has 0 aliphatic carbocycles. The van der Waals surface area contributed by atoms with E-state index in [-0.39, 0.29) is 47.7 Å². The number of amides is 2. The van der Waals surface area contributed by atoms with Crippen molar-refractivity contribution in [3.63, 3.8) is 0 Å². The third kappa shape index (κ3) is 4.49.